The average molecular weight is 261 g/mol. The molecule has 0 atom stereocenters. The van der Waals surface area contributed by atoms with Gasteiger partial charge in [-0.15, -0.1) is 0 Å². The summed E-state index contributed by atoms with van der Waals surface area (Å²) >= 11 is 0. The van der Waals surface area contributed by atoms with Crippen molar-refractivity contribution in [2.45, 2.75) is 31.7 Å². The number of carbonyl (C=O) groups is 1. The lowest BCUT2D eigenvalue weighted by Gasteiger charge is -2.30. The molecule has 0 spiro atoms. The molecule has 1 aliphatic carbocycles. The molecule has 1 amide bonds. The van der Waals surface area contributed by atoms with Gasteiger partial charge in [0.1, 0.15) is 5.82 Å². The fourth-order valence-electron chi connectivity index (χ4n) is 2.60. The van der Waals surface area contributed by atoms with Crippen molar-refractivity contribution in [2.75, 3.05) is 11.4 Å². The number of benzene rings is 1. The smallest absolute Gasteiger partial charge is 0.236 e. The summed E-state index contributed by atoms with van der Waals surface area (Å²) in [4.78, 5) is 12.9. The van der Waals surface area contributed by atoms with Crippen molar-refractivity contribution >= 4 is 11.6 Å². The van der Waals surface area contributed by atoms with E-state index >= 15 is 0 Å². The third kappa shape index (κ3) is 3.02. The molecule has 1 aromatic carbocycles. The first kappa shape index (κ1) is 13.3. The van der Waals surface area contributed by atoms with Gasteiger partial charge < -0.3 is 10.6 Å². The molecule has 2 N–H and O–H groups in total. The van der Waals surface area contributed by atoms with Gasteiger partial charge in [0.2, 0.25) is 5.91 Å². The Labute approximate surface area is 111 Å². The van der Waals surface area contributed by atoms with Crippen LogP contribution in [0.25, 0.3) is 0 Å². The van der Waals surface area contributed by atoms with Crippen LogP contribution in [0.2, 0.25) is 0 Å². The van der Waals surface area contributed by atoms with Crippen LogP contribution < -0.4 is 10.6 Å². The van der Waals surface area contributed by atoms with Gasteiger partial charge in [0, 0.05) is 6.04 Å². The third-order valence-electron chi connectivity index (χ3n) is 3.48. The molecule has 100 valence electrons. The number of nitrogens with two attached hydrogens (primary N) is 1. The number of carbonyl (C=O) groups excluding carboxylic acids is 1. The zero-order valence-electron chi connectivity index (χ0n) is 10.6. The van der Waals surface area contributed by atoms with E-state index in [-0.39, 0.29) is 18.2 Å². The van der Waals surface area contributed by atoms with E-state index in [4.69, 9.17) is 11.0 Å². The minimum atomic E-state index is -0.479. The molecule has 0 aromatic heterocycles. The Balaban J connectivity index is 2.31. The van der Waals surface area contributed by atoms with E-state index in [1.807, 2.05) is 6.07 Å². The highest BCUT2D eigenvalue weighted by Crippen LogP contribution is 2.30. The van der Waals surface area contributed by atoms with Gasteiger partial charge >= 0.3 is 0 Å². The summed E-state index contributed by atoms with van der Waals surface area (Å²) in [6.45, 7) is 0.00743. The van der Waals surface area contributed by atoms with Gasteiger partial charge in [-0.05, 0) is 31.0 Å². The molecule has 0 aliphatic heterocycles. The van der Waals surface area contributed by atoms with Crippen molar-refractivity contribution in [2.24, 2.45) is 5.73 Å². The number of nitrogens with zero attached hydrogens (tertiary/aromatic N) is 2. The molecule has 4 nitrogen and oxygen atoms in total. The predicted octanol–water partition coefficient (Wildman–Crippen LogP) is 1.93. The third-order valence-corrected chi connectivity index (χ3v) is 3.48. The highest BCUT2D eigenvalue weighted by atomic mass is 19.1. The fourth-order valence-corrected chi connectivity index (χ4v) is 2.60. The van der Waals surface area contributed by atoms with E-state index in [9.17, 15) is 9.18 Å². The van der Waals surface area contributed by atoms with Crippen LogP contribution in [-0.4, -0.2) is 18.5 Å². The lowest BCUT2D eigenvalue weighted by molar-refractivity contribution is -0.116. The van der Waals surface area contributed by atoms with Crippen LogP contribution in [0.3, 0.4) is 0 Å². The standard InChI is InChI=1S/C14H16FN3O/c15-12-7-10(8-16)5-6-13(12)18(9-14(17)19)11-3-1-2-4-11/h5-7,11H,1-4,9H2,(H2,17,19). The first-order valence-corrected chi connectivity index (χ1v) is 6.36. The lowest BCUT2D eigenvalue weighted by Crippen LogP contribution is -2.40. The quantitative estimate of drug-likeness (QED) is 0.900. The maximum Gasteiger partial charge on any atom is 0.236 e. The molecule has 0 unspecified atom stereocenters. The zero-order valence-corrected chi connectivity index (χ0v) is 10.6. The van der Waals surface area contributed by atoms with E-state index in [0.717, 1.165) is 25.7 Å². The topological polar surface area (TPSA) is 70.1 Å². The summed E-state index contributed by atoms with van der Waals surface area (Å²) in [5.74, 6) is -0.956. The minimum absolute atomic E-state index is 0.00743. The van der Waals surface area contributed by atoms with Crippen molar-refractivity contribution in [1.29, 1.82) is 5.26 Å². The molecule has 0 heterocycles. The Hall–Kier alpha value is -2.09. The summed E-state index contributed by atoms with van der Waals surface area (Å²) in [5.41, 5.74) is 5.87. The lowest BCUT2D eigenvalue weighted by atomic mass is 10.1. The Bertz CT molecular complexity index is 518. The molecule has 0 saturated heterocycles. The van der Waals surface area contributed by atoms with E-state index in [2.05, 4.69) is 0 Å². The van der Waals surface area contributed by atoms with E-state index in [1.165, 1.54) is 6.07 Å². The molecule has 0 radical (unpaired) electrons. The molecule has 1 fully saturated rings. The summed E-state index contributed by atoms with van der Waals surface area (Å²) in [6.07, 6.45) is 4.04. The number of nitriles is 1. The zero-order chi connectivity index (χ0) is 13.8. The highest BCUT2D eigenvalue weighted by molar-refractivity contribution is 5.79. The average Bonchev–Trinajstić information content (AvgIpc) is 2.89. The second-order valence-electron chi connectivity index (χ2n) is 4.81. The number of anilines is 1. The van der Waals surface area contributed by atoms with Crippen LogP contribution >= 0.6 is 0 Å². The Morgan fingerprint density at radius 3 is 2.68 bits per heavy atom. The summed E-state index contributed by atoms with van der Waals surface area (Å²) in [6, 6.07) is 6.34. The number of rotatable bonds is 4. The molecular formula is C14H16FN3O. The number of hydrogen-bond acceptors (Lipinski definition) is 3. The molecule has 5 heteroatoms. The van der Waals surface area contributed by atoms with Crippen molar-refractivity contribution in [3.63, 3.8) is 0 Å². The number of hydrogen-bond donors (Lipinski definition) is 1. The van der Waals surface area contributed by atoms with E-state index in [1.54, 1.807) is 17.0 Å². The molecule has 1 aliphatic rings. The first-order chi connectivity index (χ1) is 9.11. The fraction of sp³-hybridized carbons (Fsp3) is 0.429. The Kier molecular flexibility index (Phi) is 4.00. The SMILES string of the molecule is N#Cc1ccc(N(CC(N)=O)C2CCCC2)c(F)c1. The van der Waals surface area contributed by atoms with Gasteiger partial charge in [-0.25, -0.2) is 4.39 Å². The molecule has 1 aromatic rings. The summed E-state index contributed by atoms with van der Waals surface area (Å²) < 4.78 is 14.0. The van der Waals surface area contributed by atoms with Gasteiger partial charge in [-0.2, -0.15) is 5.26 Å². The second kappa shape index (κ2) is 5.70. The number of amides is 1. The van der Waals surface area contributed by atoms with Gasteiger partial charge in [-0.3, -0.25) is 4.79 Å². The van der Waals surface area contributed by atoms with Crippen molar-refractivity contribution < 1.29 is 9.18 Å². The second-order valence-corrected chi connectivity index (χ2v) is 4.81. The monoisotopic (exact) mass is 261 g/mol. The molecular weight excluding hydrogens is 245 g/mol. The van der Waals surface area contributed by atoms with Crippen LogP contribution in [0.1, 0.15) is 31.2 Å². The van der Waals surface area contributed by atoms with Crippen LogP contribution in [0.5, 0.6) is 0 Å². The van der Waals surface area contributed by atoms with E-state index in [0.29, 0.717) is 5.69 Å². The van der Waals surface area contributed by atoms with Gasteiger partial charge in [0.15, 0.2) is 0 Å². The summed E-state index contributed by atoms with van der Waals surface area (Å²) in [7, 11) is 0. The van der Waals surface area contributed by atoms with Crippen LogP contribution in [0, 0.1) is 17.1 Å². The Morgan fingerprint density at radius 2 is 2.16 bits per heavy atom. The van der Waals surface area contributed by atoms with Gasteiger partial charge in [0.05, 0.1) is 23.9 Å². The predicted molar refractivity (Wildman–Crippen MR) is 69.9 cm³/mol. The van der Waals surface area contributed by atoms with Crippen molar-refractivity contribution in [3.8, 4) is 6.07 Å². The van der Waals surface area contributed by atoms with Crippen molar-refractivity contribution in [3.05, 3.63) is 29.6 Å². The minimum Gasteiger partial charge on any atom is -0.368 e. The van der Waals surface area contributed by atoms with Gasteiger partial charge in [0.25, 0.3) is 0 Å². The molecule has 2 rings (SSSR count). The summed E-state index contributed by atoms with van der Waals surface area (Å²) in [5, 5.41) is 8.74. The van der Waals surface area contributed by atoms with Crippen LogP contribution in [0.4, 0.5) is 10.1 Å². The Morgan fingerprint density at radius 1 is 1.47 bits per heavy atom. The van der Waals surface area contributed by atoms with Crippen LogP contribution in [0.15, 0.2) is 18.2 Å². The normalized spacial score (nSPS) is 15.2. The maximum absolute atomic E-state index is 14.0. The number of halogens is 1. The molecule has 19 heavy (non-hydrogen) atoms. The molecule has 0 bridgehead atoms. The highest BCUT2D eigenvalue weighted by Gasteiger charge is 2.26. The number of primary amides is 1. The van der Waals surface area contributed by atoms with Crippen molar-refractivity contribution in [1.82, 2.24) is 0 Å². The molecule has 1 saturated carbocycles. The largest absolute Gasteiger partial charge is 0.368 e. The van der Waals surface area contributed by atoms with E-state index < -0.39 is 11.7 Å². The van der Waals surface area contributed by atoms with Crippen LogP contribution in [-0.2, 0) is 4.79 Å². The first-order valence-electron chi connectivity index (χ1n) is 6.36. The maximum atomic E-state index is 14.0. The van der Waals surface area contributed by atoms with Gasteiger partial charge in [-0.1, -0.05) is 12.8 Å².